The maximum atomic E-state index is 6.28. The van der Waals surface area contributed by atoms with Crippen LogP contribution in [0.3, 0.4) is 0 Å². The first kappa shape index (κ1) is 13.6. The summed E-state index contributed by atoms with van der Waals surface area (Å²) in [6.07, 6.45) is 0. The van der Waals surface area contributed by atoms with E-state index in [9.17, 15) is 0 Å². The van der Waals surface area contributed by atoms with Crippen LogP contribution in [-0.4, -0.2) is 0 Å². The highest BCUT2D eigenvalue weighted by molar-refractivity contribution is 7.16. The molecule has 96 valence electrons. The third-order valence-corrected chi connectivity index (χ3v) is 4.78. The highest BCUT2D eigenvalue weighted by atomic mass is 35.5. The summed E-state index contributed by atoms with van der Waals surface area (Å²) in [5.41, 5.74) is 9.85. The zero-order valence-electron chi connectivity index (χ0n) is 10.9. The van der Waals surface area contributed by atoms with Crippen molar-refractivity contribution in [1.82, 2.24) is 0 Å². The Hall–Kier alpha value is -0.830. The molecular weight excluding hydrogens is 262 g/mol. The van der Waals surface area contributed by atoms with Crippen LogP contribution in [0.5, 0.6) is 0 Å². The molecule has 2 N–H and O–H groups in total. The van der Waals surface area contributed by atoms with Crippen LogP contribution in [-0.2, 0) is 0 Å². The number of halogens is 1. The van der Waals surface area contributed by atoms with E-state index in [1.54, 1.807) is 11.3 Å². The van der Waals surface area contributed by atoms with Crippen LogP contribution in [0.1, 0.15) is 47.4 Å². The van der Waals surface area contributed by atoms with E-state index in [1.165, 1.54) is 5.56 Å². The van der Waals surface area contributed by atoms with Crippen molar-refractivity contribution in [3.8, 4) is 0 Å². The summed E-state index contributed by atoms with van der Waals surface area (Å²) in [7, 11) is 0. The van der Waals surface area contributed by atoms with Crippen LogP contribution in [0.2, 0.25) is 4.34 Å². The van der Waals surface area contributed by atoms with Crippen molar-refractivity contribution >= 4 is 22.9 Å². The third kappa shape index (κ3) is 2.77. The Balaban J connectivity index is 2.25. The fourth-order valence-corrected chi connectivity index (χ4v) is 3.14. The molecule has 0 bridgehead atoms. The molecule has 0 radical (unpaired) electrons. The van der Waals surface area contributed by atoms with Crippen molar-refractivity contribution in [3.05, 3.63) is 56.2 Å². The van der Waals surface area contributed by atoms with E-state index in [4.69, 9.17) is 17.3 Å². The Morgan fingerprint density at radius 3 is 2.11 bits per heavy atom. The topological polar surface area (TPSA) is 26.0 Å². The van der Waals surface area contributed by atoms with E-state index in [1.807, 2.05) is 6.92 Å². The summed E-state index contributed by atoms with van der Waals surface area (Å²) in [4.78, 5) is 1.12. The zero-order chi connectivity index (χ0) is 13.3. The standard InChI is InChI=1S/C15H18ClNS/c1-9(2)11-4-6-12(7-5-11)14(17)13-8-10(3)15(16)18-13/h4-9,14H,17H2,1-3H3. The Morgan fingerprint density at radius 2 is 1.67 bits per heavy atom. The van der Waals surface area contributed by atoms with Gasteiger partial charge in [0.05, 0.1) is 10.4 Å². The van der Waals surface area contributed by atoms with Gasteiger partial charge in [-0.25, -0.2) is 0 Å². The lowest BCUT2D eigenvalue weighted by Gasteiger charge is -2.12. The van der Waals surface area contributed by atoms with Gasteiger partial charge in [-0.3, -0.25) is 0 Å². The van der Waals surface area contributed by atoms with Gasteiger partial charge in [-0.05, 0) is 35.6 Å². The molecule has 2 rings (SSSR count). The molecule has 0 aliphatic carbocycles. The highest BCUT2D eigenvalue weighted by Gasteiger charge is 2.13. The van der Waals surface area contributed by atoms with E-state index in [0.29, 0.717) is 5.92 Å². The van der Waals surface area contributed by atoms with Gasteiger partial charge < -0.3 is 5.73 Å². The van der Waals surface area contributed by atoms with Gasteiger partial charge in [0.2, 0.25) is 0 Å². The number of thiophene rings is 1. The molecule has 1 unspecified atom stereocenters. The van der Waals surface area contributed by atoms with Gasteiger partial charge in [0, 0.05) is 4.88 Å². The van der Waals surface area contributed by atoms with Crippen molar-refractivity contribution in [3.63, 3.8) is 0 Å². The summed E-state index contributed by atoms with van der Waals surface area (Å²) in [6, 6.07) is 10.5. The molecule has 1 nitrogen and oxygen atoms in total. The SMILES string of the molecule is Cc1cc(C(N)c2ccc(C(C)C)cc2)sc1Cl. The number of hydrogen-bond donors (Lipinski definition) is 1. The van der Waals surface area contributed by atoms with Crippen molar-refractivity contribution in [2.45, 2.75) is 32.7 Å². The first-order valence-electron chi connectivity index (χ1n) is 6.10. The largest absolute Gasteiger partial charge is 0.320 e. The zero-order valence-corrected chi connectivity index (χ0v) is 12.5. The number of rotatable bonds is 3. The van der Waals surface area contributed by atoms with Crippen LogP contribution in [0.15, 0.2) is 30.3 Å². The number of aryl methyl sites for hydroxylation is 1. The normalized spacial score (nSPS) is 13.0. The lowest BCUT2D eigenvalue weighted by molar-refractivity contribution is 0.854. The van der Waals surface area contributed by atoms with Crippen LogP contribution >= 0.6 is 22.9 Å². The maximum Gasteiger partial charge on any atom is 0.0961 e. The highest BCUT2D eigenvalue weighted by Crippen LogP contribution is 2.33. The molecule has 1 aromatic heterocycles. The second-order valence-electron chi connectivity index (χ2n) is 4.90. The number of benzene rings is 1. The second kappa shape index (κ2) is 5.43. The lowest BCUT2D eigenvalue weighted by Crippen LogP contribution is -2.10. The van der Waals surface area contributed by atoms with Crippen LogP contribution in [0, 0.1) is 6.92 Å². The molecule has 0 aliphatic rings. The number of nitrogens with two attached hydrogens (primary N) is 1. The molecule has 1 atom stereocenters. The van der Waals surface area contributed by atoms with E-state index < -0.39 is 0 Å². The Kier molecular flexibility index (Phi) is 4.10. The molecule has 3 heteroatoms. The van der Waals surface area contributed by atoms with Crippen molar-refractivity contribution in [2.75, 3.05) is 0 Å². The molecule has 0 amide bonds. The summed E-state index contributed by atoms with van der Waals surface area (Å²) in [5, 5.41) is 0. The third-order valence-electron chi connectivity index (χ3n) is 3.15. The Labute approximate surface area is 118 Å². The molecule has 18 heavy (non-hydrogen) atoms. The van der Waals surface area contributed by atoms with Crippen LogP contribution < -0.4 is 5.73 Å². The average Bonchev–Trinajstić information content (AvgIpc) is 2.69. The minimum atomic E-state index is -0.0811. The van der Waals surface area contributed by atoms with Gasteiger partial charge in [0.25, 0.3) is 0 Å². The predicted molar refractivity (Wildman–Crippen MR) is 80.6 cm³/mol. The molecule has 0 saturated heterocycles. The number of hydrogen-bond acceptors (Lipinski definition) is 2. The van der Waals surface area contributed by atoms with Gasteiger partial charge in [0.15, 0.2) is 0 Å². The molecule has 0 aliphatic heterocycles. The minimum absolute atomic E-state index is 0.0811. The molecule has 0 fully saturated rings. The smallest absolute Gasteiger partial charge is 0.0961 e. The van der Waals surface area contributed by atoms with Gasteiger partial charge in [-0.15, -0.1) is 11.3 Å². The summed E-state index contributed by atoms with van der Waals surface area (Å²) in [5.74, 6) is 0.550. The quantitative estimate of drug-likeness (QED) is 0.851. The van der Waals surface area contributed by atoms with Gasteiger partial charge in [-0.2, -0.15) is 0 Å². The van der Waals surface area contributed by atoms with Crippen LogP contribution in [0.4, 0.5) is 0 Å². The molecule has 2 aromatic rings. The predicted octanol–water partition coefficient (Wildman–Crippen LogP) is 4.88. The van der Waals surface area contributed by atoms with E-state index in [-0.39, 0.29) is 6.04 Å². The van der Waals surface area contributed by atoms with Crippen LogP contribution in [0.25, 0.3) is 0 Å². The van der Waals surface area contributed by atoms with Gasteiger partial charge in [0.1, 0.15) is 0 Å². The first-order chi connectivity index (χ1) is 8.49. The summed E-state index contributed by atoms with van der Waals surface area (Å²) >= 11 is 7.66. The molecule has 1 aromatic carbocycles. The van der Waals surface area contributed by atoms with Gasteiger partial charge >= 0.3 is 0 Å². The lowest BCUT2D eigenvalue weighted by atomic mass is 9.99. The Morgan fingerprint density at radius 1 is 1.11 bits per heavy atom. The second-order valence-corrected chi connectivity index (χ2v) is 6.59. The molecule has 1 heterocycles. The fraction of sp³-hybridized carbons (Fsp3) is 0.333. The average molecular weight is 280 g/mol. The Bertz CT molecular complexity index is 508. The fourth-order valence-electron chi connectivity index (χ4n) is 1.89. The molecule has 0 saturated carbocycles. The van der Waals surface area contributed by atoms with Crippen molar-refractivity contribution < 1.29 is 0 Å². The van der Waals surface area contributed by atoms with E-state index in [0.717, 1.165) is 20.3 Å². The monoisotopic (exact) mass is 279 g/mol. The van der Waals surface area contributed by atoms with Gasteiger partial charge in [-0.1, -0.05) is 49.7 Å². The maximum absolute atomic E-state index is 6.28. The summed E-state index contributed by atoms with van der Waals surface area (Å²) in [6.45, 7) is 6.39. The summed E-state index contributed by atoms with van der Waals surface area (Å²) < 4.78 is 0.833. The molecular formula is C15H18ClNS. The minimum Gasteiger partial charge on any atom is -0.320 e. The first-order valence-corrected chi connectivity index (χ1v) is 7.29. The van der Waals surface area contributed by atoms with E-state index >= 15 is 0 Å². The van der Waals surface area contributed by atoms with Crippen molar-refractivity contribution in [1.29, 1.82) is 0 Å². The molecule has 0 spiro atoms. The van der Waals surface area contributed by atoms with E-state index in [2.05, 4.69) is 44.2 Å². The van der Waals surface area contributed by atoms with Crippen molar-refractivity contribution in [2.24, 2.45) is 5.73 Å².